The van der Waals surface area contributed by atoms with Crippen LogP contribution in [0.2, 0.25) is 0 Å². The minimum Gasteiger partial charge on any atom is -0.373 e. The Bertz CT molecular complexity index is 969. The van der Waals surface area contributed by atoms with E-state index in [0.29, 0.717) is 27.6 Å². The molecule has 5 nitrogen and oxygen atoms in total. The van der Waals surface area contributed by atoms with Gasteiger partial charge in [-0.25, -0.2) is 14.4 Å². The van der Waals surface area contributed by atoms with E-state index in [9.17, 15) is 4.39 Å². The van der Waals surface area contributed by atoms with Gasteiger partial charge in [0.05, 0.1) is 11.1 Å². The minimum atomic E-state index is -0.850. The molecule has 0 bridgehead atoms. The highest BCUT2D eigenvalue weighted by atomic mass is 79.9. The number of benzene rings is 1. The van der Waals surface area contributed by atoms with Crippen molar-refractivity contribution in [3.63, 3.8) is 0 Å². The highest BCUT2D eigenvalue weighted by Crippen LogP contribution is 2.34. The summed E-state index contributed by atoms with van der Waals surface area (Å²) >= 11 is 3.38. The second-order valence-corrected chi connectivity index (χ2v) is 8.26. The number of hydrogen-bond acceptors (Lipinski definition) is 5. The molecular formula is C21H25BrFN5. The van der Waals surface area contributed by atoms with Crippen LogP contribution in [0.3, 0.4) is 0 Å². The van der Waals surface area contributed by atoms with Crippen molar-refractivity contribution in [2.75, 3.05) is 34.2 Å². The third kappa shape index (κ3) is 4.16. The van der Waals surface area contributed by atoms with Gasteiger partial charge in [-0.2, -0.15) is 0 Å². The molecule has 0 saturated carbocycles. The SMILES string of the molecule is C=CC1=C(N(C)CCN(C)C)C=CC(N)(c2ncc3cc(F)cc(Br)c3n2)C1. The summed E-state index contributed by atoms with van der Waals surface area (Å²) in [7, 11) is 6.17. The van der Waals surface area contributed by atoms with Crippen molar-refractivity contribution in [3.05, 3.63) is 70.5 Å². The average molecular weight is 446 g/mol. The molecule has 1 unspecified atom stereocenters. The number of likely N-dealkylation sites (N-methyl/N-ethyl adjacent to an activating group) is 2. The van der Waals surface area contributed by atoms with Crippen LogP contribution in [0.1, 0.15) is 12.2 Å². The molecular weight excluding hydrogens is 421 g/mol. The number of halogens is 2. The van der Waals surface area contributed by atoms with Crippen LogP contribution in [0.4, 0.5) is 4.39 Å². The van der Waals surface area contributed by atoms with Gasteiger partial charge in [0.25, 0.3) is 0 Å². The summed E-state index contributed by atoms with van der Waals surface area (Å²) in [6.45, 7) is 5.82. The van der Waals surface area contributed by atoms with Crippen LogP contribution < -0.4 is 5.73 Å². The summed E-state index contributed by atoms with van der Waals surface area (Å²) in [5.41, 5.74) is 8.63. The molecule has 1 aliphatic carbocycles. The van der Waals surface area contributed by atoms with E-state index in [1.807, 2.05) is 18.2 Å². The predicted octanol–water partition coefficient (Wildman–Crippen LogP) is 3.58. The Morgan fingerprint density at radius 1 is 1.32 bits per heavy atom. The molecule has 3 rings (SSSR count). The lowest BCUT2D eigenvalue weighted by Gasteiger charge is -2.33. The van der Waals surface area contributed by atoms with Gasteiger partial charge >= 0.3 is 0 Å². The first-order chi connectivity index (χ1) is 13.2. The molecule has 1 aromatic heterocycles. The molecule has 1 aliphatic rings. The number of rotatable bonds is 6. The number of fused-ring (bicyclic) bond motifs is 1. The summed E-state index contributed by atoms with van der Waals surface area (Å²) < 4.78 is 14.2. The van der Waals surface area contributed by atoms with Gasteiger partial charge in [0.2, 0.25) is 0 Å². The van der Waals surface area contributed by atoms with Crippen molar-refractivity contribution in [1.82, 2.24) is 19.8 Å². The van der Waals surface area contributed by atoms with Crippen LogP contribution in [-0.2, 0) is 5.54 Å². The molecule has 2 N–H and O–H groups in total. The maximum absolute atomic E-state index is 13.6. The number of allylic oxidation sites excluding steroid dienone is 2. The molecule has 1 aromatic carbocycles. The largest absolute Gasteiger partial charge is 0.373 e. The molecule has 1 atom stereocenters. The monoisotopic (exact) mass is 445 g/mol. The second-order valence-electron chi connectivity index (χ2n) is 7.41. The lowest BCUT2D eigenvalue weighted by molar-refractivity contribution is 0.326. The van der Waals surface area contributed by atoms with E-state index in [1.165, 1.54) is 12.1 Å². The van der Waals surface area contributed by atoms with Gasteiger partial charge in [0.15, 0.2) is 5.82 Å². The molecule has 0 saturated heterocycles. The third-order valence-corrected chi connectivity index (χ3v) is 5.51. The van der Waals surface area contributed by atoms with Crippen LogP contribution in [0.15, 0.2) is 58.9 Å². The maximum atomic E-state index is 13.6. The number of nitrogens with two attached hydrogens (primary N) is 1. The second kappa shape index (κ2) is 8.11. The summed E-state index contributed by atoms with van der Waals surface area (Å²) in [6, 6.07) is 2.81. The van der Waals surface area contributed by atoms with E-state index in [0.717, 1.165) is 24.4 Å². The Balaban J connectivity index is 1.93. The van der Waals surface area contributed by atoms with Crippen LogP contribution in [-0.4, -0.2) is 54.0 Å². The fourth-order valence-electron chi connectivity index (χ4n) is 3.26. The fraction of sp³-hybridized carbons (Fsp3) is 0.333. The van der Waals surface area contributed by atoms with E-state index < -0.39 is 5.54 Å². The van der Waals surface area contributed by atoms with Crippen molar-refractivity contribution in [1.29, 1.82) is 0 Å². The van der Waals surface area contributed by atoms with Crippen LogP contribution in [0.25, 0.3) is 10.9 Å². The van der Waals surface area contributed by atoms with E-state index >= 15 is 0 Å². The molecule has 0 aliphatic heterocycles. The summed E-state index contributed by atoms with van der Waals surface area (Å²) in [5, 5.41) is 0.627. The van der Waals surface area contributed by atoms with Crippen LogP contribution >= 0.6 is 15.9 Å². The molecule has 1 heterocycles. The molecule has 28 heavy (non-hydrogen) atoms. The Morgan fingerprint density at radius 2 is 2.07 bits per heavy atom. The smallest absolute Gasteiger partial charge is 0.153 e. The Hall–Kier alpha value is -2.09. The molecule has 148 valence electrons. The topological polar surface area (TPSA) is 58.3 Å². The standard InChI is InChI=1S/C21H25BrFN5/c1-5-14-12-21(24,7-6-18(14)28(4)9-8-27(2)3)20-25-13-15-10-16(23)11-17(22)19(15)26-20/h5-7,10-11,13H,1,8-9,12,24H2,2-4H3. The van der Waals surface area contributed by atoms with Crippen LogP contribution in [0, 0.1) is 5.82 Å². The van der Waals surface area contributed by atoms with Crippen molar-refractivity contribution >= 4 is 26.8 Å². The van der Waals surface area contributed by atoms with Gasteiger partial charge < -0.3 is 15.5 Å². The highest BCUT2D eigenvalue weighted by Gasteiger charge is 2.33. The molecule has 0 amide bonds. The van der Waals surface area contributed by atoms with Crippen molar-refractivity contribution in [2.45, 2.75) is 12.0 Å². The maximum Gasteiger partial charge on any atom is 0.153 e. The van der Waals surface area contributed by atoms with Gasteiger partial charge in [0.1, 0.15) is 5.82 Å². The fourth-order valence-corrected chi connectivity index (χ4v) is 3.80. The van der Waals surface area contributed by atoms with Gasteiger partial charge in [-0.15, -0.1) is 0 Å². The highest BCUT2D eigenvalue weighted by molar-refractivity contribution is 9.10. The van der Waals surface area contributed by atoms with E-state index in [2.05, 4.69) is 63.4 Å². The summed E-state index contributed by atoms with van der Waals surface area (Å²) in [4.78, 5) is 13.4. The predicted molar refractivity (Wildman–Crippen MR) is 115 cm³/mol. The van der Waals surface area contributed by atoms with Crippen molar-refractivity contribution < 1.29 is 4.39 Å². The van der Waals surface area contributed by atoms with Gasteiger partial charge in [0, 0.05) is 48.3 Å². The zero-order chi connectivity index (χ0) is 20.5. The number of aromatic nitrogens is 2. The Labute approximate surface area is 173 Å². The van der Waals surface area contributed by atoms with Crippen molar-refractivity contribution in [2.24, 2.45) is 5.73 Å². The van der Waals surface area contributed by atoms with Crippen LogP contribution in [0.5, 0.6) is 0 Å². The number of nitrogens with zero attached hydrogens (tertiary/aromatic N) is 4. The summed E-state index contributed by atoms with van der Waals surface area (Å²) in [5.74, 6) is 0.163. The van der Waals surface area contributed by atoms with Gasteiger partial charge in [-0.3, -0.25) is 0 Å². The van der Waals surface area contributed by atoms with Gasteiger partial charge in [-0.05, 0) is 53.8 Å². The zero-order valence-corrected chi connectivity index (χ0v) is 18.0. The Morgan fingerprint density at radius 3 is 2.75 bits per heavy atom. The van der Waals surface area contributed by atoms with E-state index in [4.69, 9.17) is 5.73 Å². The molecule has 0 fully saturated rings. The van der Waals surface area contributed by atoms with E-state index in [1.54, 1.807) is 6.20 Å². The zero-order valence-electron chi connectivity index (χ0n) is 16.4. The first-order valence-electron chi connectivity index (χ1n) is 9.05. The first kappa shape index (κ1) is 20.6. The lowest BCUT2D eigenvalue weighted by Crippen LogP contribution is -2.40. The minimum absolute atomic E-state index is 0.335. The molecule has 2 aromatic rings. The third-order valence-electron chi connectivity index (χ3n) is 4.91. The van der Waals surface area contributed by atoms with Gasteiger partial charge in [-0.1, -0.05) is 18.7 Å². The molecule has 7 heteroatoms. The Kier molecular flexibility index (Phi) is 5.98. The average Bonchev–Trinajstić information content (AvgIpc) is 2.65. The lowest BCUT2D eigenvalue weighted by atomic mass is 9.84. The first-order valence-corrected chi connectivity index (χ1v) is 9.84. The van der Waals surface area contributed by atoms with Crippen molar-refractivity contribution in [3.8, 4) is 0 Å². The normalized spacial score (nSPS) is 19.5. The summed E-state index contributed by atoms with van der Waals surface area (Å²) in [6.07, 6.45) is 7.96. The molecule has 0 spiro atoms. The molecule has 0 radical (unpaired) electrons. The van der Waals surface area contributed by atoms with E-state index in [-0.39, 0.29) is 5.82 Å². The quantitative estimate of drug-likeness (QED) is 0.735. The number of hydrogen-bond donors (Lipinski definition) is 1.